The van der Waals surface area contributed by atoms with E-state index >= 15 is 0 Å². The Morgan fingerprint density at radius 2 is 0.970 bits per heavy atom. The maximum atomic E-state index is 14.6. The number of nitriles is 2. The van der Waals surface area contributed by atoms with Gasteiger partial charge in [0.15, 0.2) is 34.4 Å². The molecule has 0 spiro atoms. The first kappa shape index (κ1) is 78.9. The molecule has 0 radical (unpaired) electrons. The number of pyridine rings is 2. The highest BCUT2D eigenvalue weighted by Gasteiger charge is 2.26. The van der Waals surface area contributed by atoms with Gasteiger partial charge in [-0.05, 0) is 117 Å². The number of rotatable bonds is 12. The van der Waals surface area contributed by atoms with Crippen LogP contribution >= 0.6 is 37.4 Å². The molecule has 99 heavy (non-hydrogen) atoms. The van der Waals surface area contributed by atoms with Crippen LogP contribution in [0.5, 0.6) is 0 Å². The van der Waals surface area contributed by atoms with E-state index in [0.29, 0.717) is 48.5 Å². The van der Waals surface area contributed by atoms with Crippen LogP contribution < -0.4 is 38.4 Å². The van der Waals surface area contributed by atoms with Gasteiger partial charge in [-0.25, -0.2) is 62.2 Å². The third-order valence-electron chi connectivity index (χ3n) is 13.6. The molecule has 8 aromatic heterocycles. The zero-order chi connectivity index (χ0) is 69.8. The SMILES string of the molecule is C.C.C.CP(C)(=O)c1cccc(F)c1C#N.CP(C)(=O)c1cccc(F)c1CN.CP(C)(=O)c1cccc(F)c1CNC(=O)c1nc(-c2ccc3nccn3c2)c(-c2ncco2)nc1N.N#Cc1c(F)cccc1Br.Nc1nc(-c2ncco2)c(-c2ccc3nccn3c2)nc1C(=O)O. The number of carbonyl (C=O) groups excluding carboxylic acids is 1. The second kappa shape index (κ2) is 33.9. The van der Waals surface area contributed by atoms with Gasteiger partial charge in [-0.1, -0.05) is 58.7 Å². The van der Waals surface area contributed by atoms with Crippen molar-refractivity contribution in [1.29, 1.82) is 10.5 Å². The molecule has 8 heterocycles. The molecule has 8 N–H and O–H groups in total. The Balaban J connectivity index is 0.000000242. The number of carbonyl (C=O) groups is 2. The summed E-state index contributed by atoms with van der Waals surface area (Å²) in [4.78, 5) is 58.2. The minimum atomic E-state index is -2.79. The van der Waals surface area contributed by atoms with Crippen molar-refractivity contribution in [2.24, 2.45) is 5.73 Å². The number of aromatic carboxylic acids is 1. The minimum Gasteiger partial charge on any atom is -0.476 e. The summed E-state index contributed by atoms with van der Waals surface area (Å²) in [5, 5.41) is 30.1. The van der Waals surface area contributed by atoms with Crippen LogP contribution in [0.3, 0.4) is 0 Å². The van der Waals surface area contributed by atoms with Crippen LogP contribution in [0.15, 0.2) is 172 Å². The Morgan fingerprint density at radius 1 is 0.556 bits per heavy atom. The minimum absolute atomic E-state index is 0. The maximum Gasteiger partial charge on any atom is 0.358 e. The Hall–Kier alpha value is -10.8. The molecule has 0 fully saturated rings. The molecule has 4 aromatic carbocycles. The number of hydrogen-bond donors (Lipinski definition) is 5. The molecule has 0 aliphatic carbocycles. The van der Waals surface area contributed by atoms with E-state index in [4.69, 9.17) is 36.6 Å². The van der Waals surface area contributed by atoms with Crippen LogP contribution in [0, 0.1) is 45.9 Å². The van der Waals surface area contributed by atoms with Gasteiger partial charge in [-0.15, -0.1) is 0 Å². The first-order valence-corrected chi connectivity index (χ1v) is 36.6. The number of aromatic nitrogens is 10. The van der Waals surface area contributed by atoms with Crippen molar-refractivity contribution in [2.75, 3.05) is 51.5 Å². The highest BCUT2D eigenvalue weighted by atomic mass is 79.9. The van der Waals surface area contributed by atoms with Gasteiger partial charge in [-0.2, -0.15) is 10.5 Å². The Labute approximate surface area is 575 Å². The van der Waals surface area contributed by atoms with Crippen molar-refractivity contribution in [2.45, 2.75) is 35.4 Å². The fourth-order valence-electron chi connectivity index (χ4n) is 9.13. The van der Waals surface area contributed by atoms with Crippen molar-refractivity contribution in [3.05, 3.63) is 221 Å². The van der Waals surface area contributed by atoms with Gasteiger partial charge in [0.05, 0.1) is 18.0 Å². The number of nitrogens with one attached hydrogen (secondary N) is 1. The van der Waals surface area contributed by atoms with E-state index in [1.165, 1.54) is 80.7 Å². The van der Waals surface area contributed by atoms with Crippen molar-refractivity contribution in [3.63, 3.8) is 0 Å². The molecule has 0 saturated heterocycles. The van der Waals surface area contributed by atoms with Crippen molar-refractivity contribution >= 4 is 88.1 Å². The Kier molecular flexibility index (Phi) is 27.0. The van der Waals surface area contributed by atoms with Crippen LogP contribution in [0.4, 0.5) is 29.2 Å². The quantitative estimate of drug-likeness (QED) is 0.0560. The van der Waals surface area contributed by atoms with E-state index in [0.717, 1.165) is 11.3 Å². The number of carboxylic acids is 1. The summed E-state index contributed by atoms with van der Waals surface area (Å²) in [5.41, 5.74) is 21.1. The van der Waals surface area contributed by atoms with Crippen LogP contribution in [-0.4, -0.2) is 106 Å². The van der Waals surface area contributed by atoms with Crippen LogP contribution in [0.1, 0.15) is 65.5 Å². The third kappa shape index (κ3) is 19.1. The summed E-state index contributed by atoms with van der Waals surface area (Å²) < 4.78 is 104. The van der Waals surface area contributed by atoms with E-state index < -0.39 is 50.8 Å². The lowest BCUT2D eigenvalue weighted by Crippen LogP contribution is -2.29. The van der Waals surface area contributed by atoms with E-state index in [-0.39, 0.29) is 104 Å². The lowest BCUT2D eigenvalue weighted by atomic mass is 10.1. The van der Waals surface area contributed by atoms with Gasteiger partial charge in [0.25, 0.3) is 5.91 Å². The summed E-state index contributed by atoms with van der Waals surface area (Å²) in [7, 11) is -7.77. The molecule has 24 nitrogen and oxygen atoms in total. The number of nitrogen functional groups attached to an aromatic ring is 2. The maximum absolute atomic E-state index is 14.6. The predicted molar refractivity (Wildman–Crippen MR) is 378 cm³/mol. The molecular formula is C67H68BrF4N16O8P3. The average molecular weight is 1470 g/mol. The van der Waals surface area contributed by atoms with Crippen molar-refractivity contribution in [1.82, 2.24) is 54.0 Å². The van der Waals surface area contributed by atoms with E-state index in [2.05, 4.69) is 61.1 Å². The number of carboxylic acid groups (broad SMARTS) is 1. The topological polar surface area (TPSA) is 381 Å². The molecule has 0 atom stereocenters. The third-order valence-corrected chi connectivity index (χ3v) is 18.9. The number of amides is 1. The highest BCUT2D eigenvalue weighted by Crippen LogP contribution is 2.39. The fourth-order valence-corrected chi connectivity index (χ4v) is 13.3. The van der Waals surface area contributed by atoms with Crippen molar-refractivity contribution in [3.8, 4) is 57.8 Å². The number of nitrogens with zero attached hydrogens (tertiary/aromatic N) is 12. The lowest BCUT2D eigenvalue weighted by molar-refractivity contribution is 0.0691. The van der Waals surface area contributed by atoms with E-state index in [1.807, 2.05) is 0 Å². The number of halogens is 5. The van der Waals surface area contributed by atoms with E-state index in [1.54, 1.807) is 139 Å². The lowest BCUT2D eigenvalue weighted by Gasteiger charge is -2.15. The second-order valence-electron chi connectivity index (χ2n) is 21.4. The van der Waals surface area contributed by atoms with Gasteiger partial charge in [0, 0.05) is 92.9 Å². The molecule has 0 saturated carbocycles. The Bertz CT molecular complexity index is 5090. The summed E-state index contributed by atoms with van der Waals surface area (Å²) in [5.74, 6) is -3.94. The summed E-state index contributed by atoms with van der Waals surface area (Å²) in [6.07, 6.45) is 16.1. The molecule has 0 bridgehead atoms. The number of nitrogens with two attached hydrogens (primary N) is 3. The van der Waals surface area contributed by atoms with Crippen LogP contribution in [0.2, 0.25) is 0 Å². The first-order valence-electron chi connectivity index (χ1n) is 28.0. The largest absolute Gasteiger partial charge is 0.476 e. The number of anilines is 2. The van der Waals surface area contributed by atoms with Crippen LogP contribution in [0.25, 0.3) is 57.0 Å². The molecule has 1 amide bonds. The fraction of sp³-hybridized carbons (Fsp3) is 0.164. The number of fused-ring (bicyclic) bond motifs is 2. The number of benzene rings is 4. The highest BCUT2D eigenvalue weighted by molar-refractivity contribution is 9.10. The van der Waals surface area contributed by atoms with E-state index in [9.17, 15) is 46.0 Å². The second-order valence-corrected chi connectivity index (χ2v) is 31.8. The molecule has 0 aliphatic heterocycles. The van der Waals surface area contributed by atoms with Crippen LogP contribution in [-0.2, 0) is 26.8 Å². The zero-order valence-corrected chi connectivity index (χ0v) is 55.8. The van der Waals surface area contributed by atoms with Gasteiger partial charge >= 0.3 is 5.97 Å². The molecule has 0 aliphatic rings. The molecule has 0 unspecified atom stereocenters. The molecule has 32 heteroatoms. The van der Waals surface area contributed by atoms with Gasteiger partial charge in [-0.3, -0.25) is 4.79 Å². The molecular weight excluding hydrogens is 1410 g/mol. The first-order chi connectivity index (χ1) is 45.5. The number of oxazole rings is 2. The molecule has 514 valence electrons. The van der Waals surface area contributed by atoms with Gasteiger partial charge in [0.1, 0.15) is 97.6 Å². The predicted octanol–water partition coefficient (Wildman–Crippen LogP) is 12.9. The van der Waals surface area contributed by atoms with Crippen molar-refractivity contribution < 1.29 is 54.8 Å². The monoisotopic (exact) mass is 1470 g/mol. The zero-order valence-electron chi connectivity index (χ0n) is 51.6. The summed E-state index contributed by atoms with van der Waals surface area (Å²) in [6, 6.07) is 28.1. The normalized spacial score (nSPS) is 10.8. The number of hydrogen-bond acceptors (Lipinski definition) is 20. The average Bonchev–Trinajstić information content (AvgIpc) is 1.77. The number of imidazole rings is 2. The summed E-state index contributed by atoms with van der Waals surface area (Å²) >= 11 is 3.04. The van der Waals surface area contributed by atoms with Gasteiger partial charge < -0.3 is 59.0 Å². The molecule has 12 aromatic rings. The Morgan fingerprint density at radius 3 is 1.36 bits per heavy atom. The summed E-state index contributed by atoms with van der Waals surface area (Å²) in [6.45, 7) is 9.23. The molecule has 12 rings (SSSR count). The smallest absolute Gasteiger partial charge is 0.358 e. The standard InChI is InChI=1S/C24H21FN7O3P.C15H10N6O3.C9H13FNOP.C9H9FNOP.C7H3BrFN.3CH4/c1-36(2,34)17-5-3-4-16(25)15(17)12-29-23(33)21-22(26)31-20(24-28-9-11-35-24)19(30-21)14-6-7-18-27-8-10-32(18)13-14;16-13-12(15(22)23)19-10(11(20-13)14-18-4-6-24-14)8-1-2-9-17-3-5-21(9)7-8;2*1-13(2,12)9-5-3-4-8(10)7(9)6-11;8-6-2-1-3-7(9)5(6)4-10;;;/h3-11,13H,12H2,1-2H3,(H2,26,31)(H,29,33);1-7H,(H2,16,20)(H,22,23);3-5H,6,11H2,1-2H3;3-5H,1-2H3;1-3H;3*1H4. The van der Waals surface area contributed by atoms with Gasteiger partial charge in [0.2, 0.25) is 11.8 Å².